The number of hydrogen-bond donors (Lipinski definition) is 1. The van der Waals surface area contributed by atoms with E-state index in [0.717, 1.165) is 19.4 Å². The second-order valence-electron chi connectivity index (χ2n) is 6.04. The van der Waals surface area contributed by atoms with E-state index in [2.05, 4.69) is 17.6 Å². The molecule has 1 aromatic rings. The van der Waals surface area contributed by atoms with Crippen LogP contribution < -0.4 is 5.32 Å². The first-order valence-corrected chi connectivity index (χ1v) is 8.47. The van der Waals surface area contributed by atoms with Crippen molar-refractivity contribution in [3.63, 3.8) is 0 Å². The van der Waals surface area contributed by atoms with Crippen LogP contribution in [0.2, 0.25) is 0 Å². The van der Waals surface area contributed by atoms with Gasteiger partial charge in [-0.1, -0.05) is 18.6 Å². The van der Waals surface area contributed by atoms with E-state index >= 15 is 0 Å². The van der Waals surface area contributed by atoms with Crippen molar-refractivity contribution in [3.05, 3.63) is 35.6 Å². The van der Waals surface area contributed by atoms with Crippen molar-refractivity contribution in [1.82, 2.24) is 5.32 Å². The van der Waals surface area contributed by atoms with Crippen LogP contribution in [0.15, 0.2) is 24.3 Å². The van der Waals surface area contributed by atoms with Gasteiger partial charge in [-0.25, -0.2) is 4.39 Å². The highest BCUT2D eigenvalue weighted by atomic mass is 32.2. The standard InChI is InChI=1S/C16H22FNS/c1-19-16(6-3-7-16)11-18-15-9-13(10-15)12-4-2-5-14(17)8-12/h2,4-5,8,13,15,18H,3,6-7,9-11H2,1H3. The van der Waals surface area contributed by atoms with Gasteiger partial charge in [0.1, 0.15) is 5.82 Å². The molecule has 1 aromatic carbocycles. The van der Waals surface area contributed by atoms with Gasteiger partial charge in [-0.3, -0.25) is 0 Å². The number of hydrogen-bond acceptors (Lipinski definition) is 2. The fraction of sp³-hybridized carbons (Fsp3) is 0.625. The van der Waals surface area contributed by atoms with Gasteiger partial charge in [-0.05, 0) is 55.6 Å². The van der Waals surface area contributed by atoms with Crippen LogP contribution in [-0.2, 0) is 0 Å². The highest BCUT2D eigenvalue weighted by molar-refractivity contribution is 8.00. The van der Waals surface area contributed by atoms with Crippen LogP contribution in [0.25, 0.3) is 0 Å². The van der Waals surface area contributed by atoms with E-state index in [-0.39, 0.29) is 5.82 Å². The average molecular weight is 279 g/mol. The summed E-state index contributed by atoms with van der Waals surface area (Å²) in [6, 6.07) is 7.73. The van der Waals surface area contributed by atoms with Crippen molar-refractivity contribution < 1.29 is 4.39 Å². The quantitative estimate of drug-likeness (QED) is 0.876. The van der Waals surface area contributed by atoms with Crippen LogP contribution in [0, 0.1) is 5.82 Å². The van der Waals surface area contributed by atoms with Crippen molar-refractivity contribution in [1.29, 1.82) is 0 Å². The van der Waals surface area contributed by atoms with Gasteiger partial charge < -0.3 is 5.32 Å². The van der Waals surface area contributed by atoms with Gasteiger partial charge in [0.05, 0.1) is 0 Å². The lowest BCUT2D eigenvalue weighted by Crippen LogP contribution is -2.49. The summed E-state index contributed by atoms with van der Waals surface area (Å²) in [5.41, 5.74) is 1.17. The van der Waals surface area contributed by atoms with E-state index in [1.54, 1.807) is 6.07 Å². The van der Waals surface area contributed by atoms with Crippen molar-refractivity contribution in [3.8, 4) is 0 Å². The molecule has 2 aliphatic carbocycles. The van der Waals surface area contributed by atoms with E-state index in [9.17, 15) is 4.39 Å². The molecule has 0 unspecified atom stereocenters. The minimum Gasteiger partial charge on any atom is -0.313 e. The molecule has 0 bridgehead atoms. The fourth-order valence-corrected chi connectivity index (χ4v) is 4.10. The van der Waals surface area contributed by atoms with Crippen molar-refractivity contribution >= 4 is 11.8 Å². The summed E-state index contributed by atoms with van der Waals surface area (Å²) >= 11 is 2.02. The molecule has 0 atom stereocenters. The maximum absolute atomic E-state index is 13.2. The molecule has 3 rings (SSSR count). The molecule has 1 nitrogen and oxygen atoms in total. The van der Waals surface area contributed by atoms with Crippen LogP contribution >= 0.6 is 11.8 Å². The Hall–Kier alpha value is -0.540. The number of benzene rings is 1. The Labute approximate surface area is 119 Å². The Morgan fingerprint density at radius 2 is 2.16 bits per heavy atom. The van der Waals surface area contributed by atoms with Crippen molar-refractivity contribution in [2.24, 2.45) is 0 Å². The van der Waals surface area contributed by atoms with Gasteiger partial charge in [-0.2, -0.15) is 11.8 Å². The van der Waals surface area contributed by atoms with Gasteiger partial charge >= 0.3 is 0 Å². The van der Waals surface area contributed by atoms with Crippen LogP contribution in [0.1, 0.15) is 43.6 Å². The lowest BCUT2D eigenvalue weighted by Gasteiger charge is -2.44. The first-order chi connectivity index (χ1) is 9.21. The third-order valence-electron chi connectivity index (χ3n) is 4.87. The van der Waals surface area contributed by atoms with Gasteiger partial charge in [0.15, 0.2) is 0 Å². The molecule has 0 amide bonds. The first-order valence-electron chi connectivity index (χ1n) is 7.25. The molecule has 0 saturated heterocycles. The van der Waals surface area contributed by atoms with Crippen LogP contribution in [0.3, 0.4) is 0 Å². The minimum atomic E-state index is -0.107. The molecule has 104 valence electrons. The van der Waals surface area contributed by atoms with Gasteiger partial charge in [-0.15, -0.1) is 0 Å². The van der Waals surface area contributed by atoms with Gasteiger partial charge in [0.25, 0.3) is 0 Å². The zero-order valence-corrected chi connectivity index (χ0v) is 12.3. The van der Waals surface area contributed by atoms with Crippen molar-refractivity contribution in [2.75, 3.05) is 12.8 Å². The van der Waals surface area contributed by atoms with E-state index in [1.165, 1.54) is 30.9 Å². The zero-order chi connectivity index (χ0) is 13.3. The summed E-state index contributed by atoms with van der Waals surface area (Å²) < 4.78 is 13.7. The normalized spacial score (nSPS) is 28.5. The monoisotopic (exact) mass is 279 g/mol. The SMILES string of the molecule is CSC1(CNC2CC(c3cccc(F)c3)C2)CCC1. The smallest absolute Gasteiger partial charge is 0.123 e. The molecule has 2 saturated carbocycles. The number of nitrogens with one attached hydrogen (secondary N) is 1. The molecule has 2 aliphatic rings. The molecule has 3 heteroatoms. The second kappa shape index (κ2) is 5.45. The van der Waals surface area contributed by atoms with E-state index in [0.29, 0.717) is 16.7 Å². The van der Waals surface area contributed by atoms with E-state index in [1.807, 2.05) is 17.8 Å². The van der Waals surface area contributed by atoms with Crippen LogP contribution in [0.4, 0.5) is 4.39 Å². The molecule has 0 radical (unpaired) electrons. The highest BCUT2D eigenvalue weighted by Crippen LogP contribution is 2.43. The predicted molar refractivity (Wildman–Crippen MR) is 80.3 cm³/mol. The lowest BCUT2D eigenvalue weighted by atomic mass is 9.75. The highest BCUT2D eigenvalue weighted by Gasteiger charge is 2.38. The molecule has 1 N–H and O–H groups in total. The summed E-state index contributed by atoms with van der Waals surface area (Å²) in [5.74, 6) is 0.449. The summed E-state index contributed by atoms with van der Waals surface area (Å²) in [4.78, 5) is 0. The van der Waals surface area contributed by atoms with Gasteiger partial charge in [0.2, 0.25) is 0 Å². The summed E-state index contributed by atoms with van der Waals surface area (Å²) in [5, 5.41) is 3.71. The number of thioether (sulfide) groups is 1. The Balaban J connectivity index is 1.45. The van der Waals surface area contributed by atoms with E-state index in [4.69, 9.17) is 0 Å². The molecule has 0 heterocycles. The Morgan fingerprint density at radius 1 is 1.37 bits per heavy atom. The van der Waals surface area contributed by atoms with E-state index < -0.39 is 0 Å². The molecule has 19 heavy (non-hydrogen) atoms. The molecule has 0 spiro atoms. The summed E-state index contributed by atoms with van der Waals surface area (Å²) in [6.07, 6.45) is 8.67. The minimum absolute atomic E-state index is 0.107. The predicted octanol–water partition coefficient (Wildman–Crippen LogP) is 3.95. The third-order valence-corrected chi connectivity index (χ3v) is 6.29. The lowest BCUT2D eigenvalue weighted by molar-refractivity contribution is 0.255. The number of halogens is 1. The molecule has 2 fully saturated rings. The summed E-state index contributed by atoms with van der Waals surface area (Å²) in [7, 11) is 0. The van der Waals surface area contributed by atoms with Gasteiger partial charge in [0, 0.05) is 17.3 Å². The first kappa shape index (κ1) is 13.4. The zero-order valence-electron chi connectivity index (χ0n) is 11.5. The Bertz CT molecular complexity index is 433. The second-order valence-corrected chi connectivity index (χ2v) is 7.32. The van der Waals surface area contributed by atoms with Crippen molar-refractivity contribution in [2.45, 2.75) is 48.8 Å². The maximum Gasteiger partial charge on any atom is 0.123 e. The third kappa shape index (κ3) is 2.82. The Kier molecular flexibility index (Phi) is 3.86. The molecule has 0 aliphatic heterocycles. The van der Waals surface area contributed by atoms with Crippen LogP contribution in [0.5, 0.6) is 0 Å². The molecular weight excluding hydrogens is 257 g/mol. The average Bonchev–Trinajstić information content (AvgIpc) is 2.30. The number of rotatable bonds is 5. The topological polar surface area (TPSA) is 12.0 Å². The fourth-order valence-electron chi connectivity index (χ4n) is 3.17. The van der Waals surface area contributed by atoms with Crippen LogP contribution in [-0.4, -0.2) is 23.6 Å². The maximum atomic E-state index is 13.2. The Morgan fingerprint density at radius 3 is 2.74 bits per heavy atom. The molecular formula is C16H22FNS. The summed E-state index contributed by atoms with van der Waals surface area (Å²) in [6.45, 7) is 1.15. The molecule has 0 aromatic heterocycles. The largest absolute Gasteiger partial charge is 0.313 e.